The lowest BCUT2D eigenvalue weighted by Crippen LogP contribution is -2.15. The number of anilines is 1. The zero-order valence-electron chi connectivity index (χ0n) is 12.8. The van der Waals surface area contributed by atoms with Crippen LogP contribution in [0.15, 0.2) is 42.5 Å². The molecule has 0 heterocycles. The van der Waals surface area contributed by atoms with Crippen LogP contribution in [-0.4, -0.2) is 23.7 Å². The number of carbonyl (C=O) groups excluding carboxylic acids is 1. The van der Waals surface area contributed by atoms with E-state index in [4.69, 9.17) is 16.3 Å². The smallest absolute Gasteiger partial charge is 0.296 e. The molecular weight excluding hydrogens is 352 g/mol. The number of thioether (sulfide) groups is 1. The molecule has 1 amide bonds. The minimum atomic E-state index is -0.560. The first-order valence-electron chi connectivity index (χ1n) is 6.94. The van der Waals surface area contributed by atoms with Crippen LogP contribution < -0.4 is 10.1 Å². The van der Waals surface area contributed by atoms with Crippen LogP contribution in [-0.2, 0) is 10.5 Å². The molecule has 2 aromatic carbocycles. The fourth-order valence-corrected chi connectivity index (χ4v) is 3.06. The molecule has 0 aliphatic carbocycles. The monoisotopic (exact) mass is 366 g/mol. The van der Waals surface area contributed by atoms with Gasteiger partial charge in [-0.25, -0.2) is 0 Å². The Morgan fingerprint density at radius 3 is 2.75 bits per heavy atom. The van der Waals surface area contributed by atoms with Gasteiger partial charge >= 0.3 is 0 Å². The molecule has 2 aromatic rings. The van der Waals surface area contributed by atoms with Crippen LogP contribution >= 0.6 is 23.4 Å². The molecule has 2 rings (SSSR count). The molecule has 0 unspecified atom stereocenters. The topological polar surface area (TPSA) is 81.5 Å². The summed E-state index contributed by atoms with van der Waals surface area (Å²) in [5.74, 6) is 0.778. The van der Waals surface area contributed by atoms with E-state index in [1.54, 1.807) is 12.1 Å². The third kappa shape index (κ3) is 4.87. The van der Waals surface area contributed by atoms with Crippen molar-refractivity contribution in [2.45, 2.75) is 5.75 Å². The Bertz CT molecular complexity index is 755. The van der Waals surface area contributed by atoms with Crippen LogP contribution in [0.4, 0.5) is 11.4 Å². The first kappa shape index (κ1) is 18.1. The van der Waals surface area contributed by atoms with Crippen molar-refractivity contribution in [3.05, 3.63) is 63.2 Å². The molecule has 8 heteroatoms. The second kappa shape index (κ2) is 8.56. The van der Waals surface area contributed by atoms with Crippen molar-refractivity contribution in [1.29, 1.82) is 0 Å². The van der Waals surface area contributed by atoms with E-state index in [1.165, 1.54) is 31.0 Å². The van der Waals surface area contributed by atoms with Gasteiger partial charge < -0.3 is 10.1 Å². The summed E-state index contributed by atoms with van der Waals surface area (Å²) in [5, 5.41) is 14.3. The molecule has 0 radical (unpaired) electrons. The summed E-state index contributed by atoms with van der Waals surface area (Å²) in [5.41, 5.74) is 0.871. The number of hydrogen-bond acceptors (Lipinski definition) is 5. The summed E-state index contributed by atoms with van der Waals surface area (Å²) < 4.78 is 4.96. The summed E-state index contributed by atoms with van der Waals surface area (Å²) in [6.45, 7) is 0. The molecule has 0 aliphatic rings. The number of halogens is 1. The molecular formula is C16H15ClN2O4S. The zero-order chi connectivity index (χ0) is 17.5. The number of hydrogen-bond donors (Lipinski definition) is 1. The summed E-state index contributed by atoms with van der Waals surface area (Å²) in [6.07, 6.45) is 0. The van der Waals surface area contributed by atoms with Crippen molar-refractivity contribution in [3.63, 3.8) is 0 Å². The van der Waals surface area contributed by atoms with E-state index in [9.17, 15) is 14.9 Å². The van der Waals surface area contributed by atoms with E-state index in [1.807, 2.05) is 18.2 Å². The van der Waals surface area contributed by atoms with Crippen molar-refractivity contribution in [1.82, 2.24) is 0 Å². The molecule has 0 aliphatic heterocycles. The van der Waals surface area contributed by atoms with Gasteiger partial charge in [-0.2, -0.15) is 0 Å². The molecule has 0 saturated carbocycles. The van der Waals surface area contributed by atoms with Gasteiger partial charge in [0.05, 0.1) is 23.9 Å². The van der Waals surface area contributed by atoms with Crippen molar-refractivity contribution < 1.29 is 14.5 Å². The Morgan fingerprint density at radius 2 is 2.08 bits per heavy atom. The van der Waals surface area contributed by atoms with Crippen molar-refractivity contribution >= 4 is 40.6 Å². The highest BCUT2D eigenvalue weighted by Crippen LogP contribution is 2.29. The zero-order valence-corrected chi connectivity index (χ0v) is 14.4. The third-order valence-corrected chi connectivity index (χ3v) is 4.47. The first-order valence-corrected chi connectivity index (χ1v) is 8.48. The highest BCUT2D eigenvalue weighted by molar-refractivity contribution is 7.99. The fourth-order valence-electron chi connectivity index (χ4n) is 1.95. The average Bonchev–Trinajstić information content (AvgIpc) is 2.56. The second-order valence-electron chi connectivity index (χ2n) is 4.77. The minimum Gasteiger partial charge on any atom is -0.496 e. The fraction of sp³-hybridized carbons (Fsp3) is 0.188. The second-order valence-corrected chi connectivity index (χ2v) is 6.17. The number of nitrogens with zero attached hydrogens (tertiary/aromatic N) is 1. The van der Waals surface area contributed by atoms with Gasteiger partial charge in [-0.05, 0) is 23.8 Å². The average molecular weight is 367 g/mol. The molecule has 1 N–H and O–H groups in total. The van der Waals surface area contributed by atoms with Crippen LogP contribution in [0.25, 0.3) is 0 Å². The van der Waals surface area contributed by atoms with Gasteiger partial charge in [0.15, 0.2) is 0 Å². The summed E-state index contributed by atoms with van der Waals surface area (Å²) >= 11 is 7.43. The Kier molecular flexibility index (Phi) is 6.45. The Morgan fingerprint density at radius 1 is 1.33 bits per heavy atom. The minimum absolute atomic E-state index is 0.143. The van der Waals surface area contributed by atoms with Crippen LogP contribution in [0.3, 0.4) is 0 Å². The molecule has 0 fully saturated rings. The van der Waals surface area contributed by atoms with Gasteiger partial charge in [-0.15, -0.1) is 11.8 Å². The maximum absolute atomic E-state index is 12.0. The Hall–Kier alpha value is -2.25. The third-order valence-electron chi connectivity index (χ3n) is 3.12. The van der Waals surface area contributed by atoms with Gasteiger partial charge in [0.2, 0.25) is 5.91 Å². The van der Waals surface area contributed by atoms with Crippen LogP contribution in [0, 0.1) is 10.1 Å². The predicted molar refractivity (Wildman–Crippen MR) is 95.9 cm³/mol. The largest absolute Gasteiger partial charge is 0.496 e. The van der Waals surface area contributed by atoms with Crippen LogP contribution in [0.1, 0.15) is 5.56 Å². The maximum atomic E-state index is 12.0. The van der Waals surface area contributed by atoms with Crippen molar-refractivity contribution in [3.8, 4) is 5.75 Å². The molecule has 0 aromatic heterocycles. The van der Waals surface area contributed by atoms with E-state index in [2.05, 4.69) is 5.32 Å². The number of carbonyl (C=O) groups is 1. The lowest BCUT2D eigenvalue weighted by Gasteiger charge is -2.08. The lowest BCUT2D eigenvalue weighted by atomic mass is 10.2. The standard InChI is InChI=1S/C16H15ClN2O4S/c1-23-12-6-7-14(15(8-12)19(21)22)18-16(20)10-24-9-11-4-2-3-5-13(11)17/h2-8H,9-10H2,1H3,(H,18,20). The number of methoxy groups -OCH3 is 1. The Labute approximate surface area is 148 Å². The van der Waals surface area contributed by atoms with Gasteiger partial charge in [0, 0.05) is 10.8 Å². The van der Waals surface area contributed by atoms with Gasteiger partial charge in [-0.3, -0.25) is 14.9 Å². The summed E-state index contributed by atoms with van der Waals surface area (Å²) in [4.78, 5) is 22.5. The van der Waals surface area contributed by atoms with E-state index < -0.39 is 4.92 Å². The number of benzene rings is 2. The molecule has 0 bridgehead atoms. The summed E-state index contributed by atoms with van der Waals surface area (Å²) in [7, 11) is 1.42. The van der Waals surface area contributed by atoms with E-state index >= 15 is 0 Å². The maximum Gasteiger partial charge on any atom is 0.296 e. The van der Waals surface area contributed by atoms with Gasteiger partial charge in [0.1, 0.15) is 11.4 Å². The quantitative estimate of drug-likeness (QED) is 0.588. The molecule has 24 heavy (non-hydrogen) atoms. The Balaban J connectivity index is 1.95. The number of amides is 1. The number of nitro groups is 1. The molecule has 0 atom stereocenters. The number of nitrogens with one attached hydrogen (secondary N) is 1. The lowest BCUT2D eigenvalue weighted by molar-refractivity contribution is -0.384. The first-order chi connectivity index (χ1) is 11.5. The van der Waals surface area contributed by atoms with Gasteiger partial charge in [0.25, 0.3) is 5.69 Å². The highest BCUT2D eigenvalue weighted by atomic mass is 35.5. The van der Waals surface area contributed by atoms with Crippen LogP contribution in [0.5, 0.6) is 5.75 Å². The normalized spacial score (nSPS) is 10.2. The molecule has 0 saturated heterocycles. The summed E-state index contributed by atoms with van der Waals surface area (Å²) in [6, 6.07) is 11.7. The highest BCUT2D eigenvalue weighted by Gasteiger charge is 2.17. The molecule has 0 spiro atoms. The van der Waals surface area contributed by atoms with Crippen molar-refractivity contribution in [2.24, 2.45) is 0 Å². The van der Waals surface area contributed by atoms with Crippen molar-refractivity contribution in [2.75, 3.05) is 18.2 Å². The SMILES string of the molecule is COc1ccc(NC(=O)CSCc2ccccc2Cl)c([N+](=O)[O-])c1. The van der Waals surface area contributed by atoms with Gasteiger partial charge in [-0.1, -0.05) is 29.8 Å². The van der Waals surface area contributed by atoms with Crippen LogP contribution in [0.2, 0.25) is 5.02 Å². The van der Waals surface area contributed by atoms with E-state index in [-0.39, 0.29) is 23.0 Å². The number of rotatable bonds is 7. The predicted octanol–water partition coefficient (Wildman–Crippen LogP) is 4.13. The van der Waals surface area contributed by atoms with E-state index in [0.717, 1.165) is 5.56 Å². The number of nitro benzene ring substituents is 1. The molecule has 6 nitrogen and oxygen atoms in total. The van der Waals surface area contributed by atoms with E-state index in [0.29, 0.717) is 16.5 Å². The number of ether oxygens (including phenoxy) is 1. The molecule has 126 valence electrons.